The Labute approximate surface area is 86.8 Å². The Morgan fingerprint density at radius 2 is 2.23 bits per heavy atom. The van der Waals surface area contributed by atoms with Crippen LogP contribution >= 0.6 is 15.9 Å². The topological polar surface area (TPSA) is 25.2 Å². The number of hydrogen-bond acceptors (Lipinski definition) is 2. The van der Waals surface area contributed by atoms with E-state index in [2.05, 4.69) is 21.2 Å². The molecule has 0 amide bonds. The SMILES string of the molecule is Brc1occc1CNC1CCCC1. The van der Waals surface area contributed by atoms with E-state index in [1.54, 1.807) is 6.26 Å². The molecule has 0 bridgehead atoms. The number of rotatable bonds is 3. The maximum Gasteiger partial charge on any atom is 0.173 e. The van der Waals surface area contributed by atoms with Crippen LogP contribution in [-0.4, -0.2) is 6.04 Å². The van der Waals surface area contributed by atoms with Gasteiger partial charge in [-0.2, -0.15) is 0 Å². The van der Waals surface area contributed by atoms with Gasteiger partial charge < -0.3 is 9.73 Å². The quantitative estimate of drug-likeness (QED) is 0.883. The summed E-state index contributed by atoms with van der Waals surface area (Å²) in [5.74, 6) is 0. The molecule has 0 spiro atoms. The van der Waals surface area contributed by atoms with E-state index in [0.717, 1.165) is 17.3 Å². The molecule has 1 saturated carbocycles. The van der Waals surface area contributed by atoms with Crippen molar-refractivity contribution in [1.29, 1.82) is 0 Å². The summed E-state index contributed by atoms with van der Waals surface area (Å²) in [5, 5.41) is 3.53. The molecule has 1 aliphatic rings. The van der Waals surface area contributed by atoms with Gasteiger partial charge in [0.15, 0.2) is 4.67 Å². The first-order chi connectivity index (χ1) is 6.36. The van der Waals surface area contributed by atoms with Gasteiger partial charge in [-0.15, -0.1) is 0 Å². The highest BCUT2D eigenvalue weighted by atomic mass is 79.9. The summed E-state index contributed by atoms with van der Waals surface area (Å²) in [5.41, 5.74) is 1.21. The second-order valence-electron chi connectivity index (χ2n) is 3.58. The molecule has 3 heteroatoms. The minimum Gasteiger partial charge on any atom is -0.457 e. The molecule has 13 heavy (non-hydrogen) atoms. The standard InChI is InChI=1S/C10H14BrNO/c11-10-8(5-6-13-10)7-12-9-3-1-2-4-9/h5-6,9,12H,1-4,7H2. The average molecular weight is 244 g/mol. The normalized spacial score (nSPS) is 18.2. The van der Waals surface area contributed by atoms with Crippen molar-refractivity contribution in [3.05, 3.63) is 22.6 Å². The van der Waals surface area contributed by atoms with E-state index in [1.807, 2.05) is 6.07 Å². The second kappa shape index (κ2) is 4.29. The van der Waals surface area contributed by atoms with Gasteiger partial charge in [0.25, 0.3) is 0 Å². The van der Waals surface area contributed by atoms with Gasteiger partial charge in [0.1, 0.15) is 0 Å². The van der Waals surface area contributed by atoms with Crippen molar-refractivity contribution in [2.75, 3.05) is 0 Å². The molecule has 2 rings (SSSR count). The number of hydrogen-bond donors (Lipinski definition) is 1. The number of furan rings is 1. The fourth-order valence-corrected chi connectivity index (χ4v) is 2.21. The Kier molecular flexibility index (Phi) is 3.06. The molecule has 1 aliphatic carbocycles. The molecule has 1 aromatic heterocycles. The molecule has 0 radical (unpaired) electrons. The first-order valence-electron chi connectivity index (χ1n) is 4.81. The fraction of sp³-hybridized carbons (Fsp3) is 0.600. The van der Waals surface area contributed by atoms with E-state index >= 15 is 0 Å². The summed E-state index contributed by atoms with van der Waals surface area (Å²) in [6.07, 6.45) is 7.13. The molecule has 0 saturated heterocycles. The fourth-order valence-electron chi connectivity index (χ4n) is 1.83. The summed E-state index contributed by atoms with van der Waals surface area (Å²) in [6.45, 7) is 0.918. The van der Waals surface area contributed by atoms with Crippen molar-refractivity contribution in [3.63, 3.8) is 0 Å². The molecule has 72 valence electrons. The van der Waals surface area contributed by atoms with Crippen LogP contribution in [0.1, 0.15) is 31.2 Å². The molecule has 1 fully saturated rings. The van der Waals surface area contributed by atoms with Crippen LogP contribution in [0.4, 0.5) is 0 Å². The Balaban J connectivity index is 1.82. The molecule has 0 aliphatic heterocycles. The van der Waals surface area contributed by atoms with Crippen LogP contribution < -0.4 is 5.32 Å². The van der Waals surface area contributed by atoms with Crippen LogP contribution in [0.2, 0.25) is 0 Å². The van der Waals surface area contributed by atoms with Gasteiger partial charge >= 0.3 is 0 Å². The minimum atomic E-state index is 0.724. The molecular weight excluding hydrogens is 230 g/mol. The third-order valence-electron chi connectivity index (χ3n) is 2.63. The first kappa shape index (κ1) is 9.28. The van der Waals surface area contributed by atoms with Gasteiger partial charge in [-0.25, -0.2) is 0 Å². The van der Waals surface area contributed by atoms with Gasteiger partial charge in [-0.05, 0) is 34.8 Å². The average Bonchev–Trinajstić information content (AvgIpc) is 2.72. The van der Waals surface area contributed by atoms with Gasteiger partial charge in [-0.1, -0.05) is 12.8 Å². The van der Waals surface area contributed by atoms with E-state index < -0.39 is 0 Å². The number of nitrogens with one attached hydrogen (secondary N) is 1. The second-order valence-corrected chi connectivity index (χ2v) is 4.30. The van der Waals surface area contributed by atoms with Crippen LogP contribution in [0.15, 0.2) is 21.4 Å². The third kappa shape index (κ3) is 2.35. The van der Waals surface area contributed by atoms with Gasteiger partial charge in [0.05, 0.1) is 6.26 Å². The van der Waals surface area contributed by atoms with Gasteiger partial charge in [0.2, 0.25) is 0 Å². The summed E-state index contributed by atoms with van der Waals surface area (Å²) in [4.78, 5) is 0. The summed E-state index contributed by atoms with van der Waals surface area (Å²) in [6, 6.07) is 2.73. The predicted octanol–water partition coefficient (Wildman–Crippen LogP) is 3.07. The minimum absolute atomic E-state index is 0.724. The highest BCUT2D eigenvalue weighted by molar-refractivity contribution is 9.10. The summed E-state index contributed by atoms with van der Waals surface area (Å²) < 4.78 is 6.02. The molecule has 1 aromatic rings. The Morgan fingerprint density at radius 3 is 2.85 bits per heavy atom. The zero-order chi connectivity index (χ0) is 9.10. The van der Waals surface area contributed by atoms with Crippen LogP contribution in [-0.2, 0) is 6.54 Å². The van der Waals surface area contributed by atoms with Crippen molar-refractivity contribution in [2.45, 2.75) is 38.3 Å². The predicted molar refractivity (Wildman–Crippen MR) is 55.5 cm³/mol. The van der Waals surface area contributed by atoms with Crippen molar-refractivity contribution in [2.24, 2.45) is 0 Å². The first-order valence-corrected chi connectivity index (χ1v) is 5.61. The smallest absolute Gasteiger partial charge is 0.173 e. The molecule has 0 unspecified atom stereocenters. The molecule has 0 aromatic carbocycles. The Hall–Kier alpha value is -0.280. The monoisotopic (exact) mass is 243 g/mol. The molecule has 1 N–H and O–H groups in total. The third-order valence-corrected chi connectivity index (χ3v) is 3.33. The van der Waals surface area contributed by atoms with Crippen LogP contribution in [0, 0.1) is 0 Å². The van der Waals surface area contributed by atoms with E-state index in [1.165, 1.54) is 31.2 Å². The van der Waals surface area contributed by atoms with Crippen LogP contribution in [0.3, 0.4) is 0 Å². The molecular formula is C10H14BrNO. The van der Waals surface area contributed by atoms with E-state index in [0.29, 0.717) is 0 Å². The highest BCUT2D eigenvalue weighted by Gasteiger charge is 2.14. The van der Waals surface area contributed by atoms with E-state index in [4.69, 9.17) is 4.42 Å². The maximum absolute atomic E-state index is 5.16. The van der Waals surface area contributed by atoms with Crippen LogP contribution in [0.5, 0.6) is 0 Å². The van der Waals surface area contributed by atoms with E-state index in [9.17, 15) is 0 Å². The van der Waals surface area contributed by atoms with E-state index in [-0.39, 0.29) is 0 Å². The zero-order valence-electron chi connectivity index (χ0n) is 7.55. The summed E-state index contributed by atoms with van der Waals surface area (Å²) >= 11 is 3.37. The molecule has 0 atom stereocenters. The Bertz CT molecular complexity index is 266. The lowest BCUT2D eigenvalue weighted by Gasteiger charge is -2.10. The lowest BCUT2D eigenvalue weighted by molar-refractivity contribution is 0.507. The maximum atomic E-state index is 5.16. The summed E-state index contributed by atoms with van der Waals surface area (Å²) in [7, 11) is 0. The number of halogens is 1. The van der Waals surface area contributed by atoms with Crippen molar-refractivity contribution in [3.8, 4) is 0 Å². The van der Waals surface area contributed by atoms with Crippen molar-refractivity contribution in [1.82, 2.24) is 5.32 Å². The van der Waals surface area contributed by atoms with Crippen LogP contribution in [0.25, 0.3) is 0 Å². The van der Waals surface area contributed by atoms with Crippen molar-refractivity contribution < 1.29 is 4.42 Å². The zero-order valence-corrected chi connectivity index (χ0v) is 9.14. The molecule has 1 heterocycles. The molecule has 2 nitrogen and oxygen atoms in total. The highest BCUT2D eigenvalue weighted by Crippen LogP contribution is 2.20. The Morgan fingerprint density at radius 1 is 1.46 bits per heavy atom. The lowest BCUT2D eigenvalue weighted by Crippen LogP contribution is -2.25. The van der Waals surface area contributed by atoms with Crippen molar-refractivity contribution >= 4 is 15.9 Å². The lowest BCUT2D eigenvalue weighted by atomic mass is 10.2. The van der Waals surface area contributed by atoms with Gasteiger partial charge in [0, 0.05) is 18.2 Å². The largest absolute Gasteiger partial charge is 0.457 e. The van der Waals surface area contributed by atoms with Gasteiger partial charge in [-0.3, -0.25) is 0 Å².